The lowest BCUT2D eigenvalue weighted by Gasteiger charge is -2.35. The molecule has 0 saturated carbocycles. The van der Waals surface area contributed by atoms with Gasteiger partial charge in [0, 0.05) is 17.8 Å². The first-order valence-corrected chi connectivity index (χ1v) is 16.6. The summed E-state index contributed by atoms with van der Waals surface area (Å²) in [4.78, 5) is 43.6. The van der Waals surface area contributed by atoms with E-state index in [0.29, 0.717) is 36.2 Å². The lowest BCUT2D eigenvalue weighted by Crippen LogP contribution is -2.53. The Morgan fingerprint density at radius 3 is 2.22 bits per heavy atom. The number of unbranched alkanes of at least 4 members (excludes halogenated alkanes) is 5. The van der Waals surface area contributed by atoms with Crippen LogP contribution in [0.4, 0.5) is 10.5 Å². The lowest BCUT2D eigenvalue weighted by molar-refractivity contribution is -0.141. The third-order valence-corrected chi connectivity index (χ3v) is 7.72. The molecule has 0 aliphatic rings. The number of nitrogens with zero attached hydrogens (tertiary/aromatic N) is 1. The zero-order valence-electron chi connectivity index (χ0n) is 28.4. The zero-order chi connectivity index (χ0) is 33.7. The van der Waals surface area contributed by atoms with Crippen LogP contribution in [0, 0.1) is 18.3 Å². The predicted octanol–water partition coefficient (Wildman–Crippen LogP) is 8.63. The van der Waals surface area contributed by atoms with E-state index in [2.05, 4.69) is 23.5 Å². The van der Waals surface area contributed by atoms with E-state index in [0.717, 1.165) is 42.9 Å². The highest BCUT2D eigenvalue weighted by Gasteiger charge is 2.37. The lowest BCUT2D eigenvalue weighted by atomic mass is 9.95. The number of carbonyl (C=O) groups excluding carboxylic acids is 3. The fraction of sp³-hybridized carbons (Fsp3) is 0.462. The van der Waals surface area contributed by atoms with Crippen molar-refractivity contribution < 1.29 is 19.1 Å². The van der Waals surface area contributed by atoms with Crippen LogP contribution in [0.3, 0.4) is 0 Å². The van der Waals surface area contributed by atoms with E-state index in [1.807, 2.05) is 68.4 Å². The van der Waals surface area contributed by atoms with Gasteiger partial charge in [-0.2, -0.15) is 0 Å². The summed E-state index contributed by atoms with van der Waals surface area (Å²) in [6.07, 6.45) is 11.7. The fourth-order valence-corrected chi connectivity index (χ4v) is 5.57. The maximum Gasteiger partial charge on any atom is 0.408 e. The van der Waals surface area contributed by atoms with Crippen molar-refractivity contribution in [3.63, 3.8) is 0 Å². The van der Waals surface area contributed by atoms with Crippen LogP contribution in [0.25, 0.3) is 10.8 Å². The van der Waals surface area contributed by atoms with Crippen LogP contribution in [0.2, 0.25) is 0 Å². The van der Waals surface area contributed by atoms with E-state index in [9.17, 15) is 14.4 Å². The largest absolute Gasteiger partial charge is 0.444 e. The number of hydrogen-bond acceptors (Lipinski definition) is 4. The number of fused-ring (bicyclic) bond motifs is 1. The average Bonchev–Trinajstić information content (AvgIpc) is 3.00. The second-order valence-electron chi connectivity index (χ2n) is 13.3. The Labute approximate surface area is 275 Å². The van der Waals surface area contributed by atoms with Gasteiger partial charge >= 0.3 is 6.09 Å². The van der Waals surface area contributed by atoms with E-state index >= 15 is 0 Å². The topological polar surface area (TPSA) is 87.7 Å². The van der Waals surface area contributed by atoms with Gasteiger partial charge in [0.05, 0.1) is 0 Å². The molecule has 3 amide bonds. The van der Waals surface area contributed by atoms with Crippen LogP contribution in [-0.2, 0) is 14.3 Å². The maximum absolute atomic E-state index is 14.6. The van der Waals surface area contributed by atoms with Gasteiger partial charge in [0.15, 0.2) is 0 Å². The Hall–Kier alpha value is -4.31. The predicted molar refractivity (Wildman–Crippen MR) is 187 cm³/mol. The normalized spacial score (nSPS) is 12.7. The molecule has 0 aromatic heterocycles. The number of alkyl carbamates (subject to hydrolysis) is 1. The van der Waals surface area contributed by atoms with Crippen molar-refractivity contribution in [1.29, 1.82) is 0 Å². The summed E-state index contributed by atoms with van der Waals surface area (Å²) in [5, 5.41) is 7.94. The Morgan fingerprint density at radius 1 is 0.891 bits per heavy atom. The van der Waals surface area contributed by atoms with E-state index in [-0.39, 0.29) is 17.7 Å². The summed E-state index contributed by atoms with van der Waals surface area (Å²) in [5.74, 6) is 2.08. The molecule has 0 aliphatic heterocycles. The third-order valence-electron chi connectivity index (χ3n) is 7.72. The van der Waals surface area contributed by atoms with Gasteiger partial charge in [0.1, 0.15) is 17.7 Å². The number of rotatable bonds is 15. The molecule has 246 valence electrons. The highest BCUT2D eigenvalue weighted by Crippen LogP contribution is 2.29. The minimum Gasteiger partial charge on any atom is -0.444 e. The number of benzene rings is 3. The summed E-state index contributed by atoms with van der Waals surface area (Å²) < 4.78 is 5.53. The molecular weight excluding hydrogens is 574 g/mol. The number of nitrogens with one attached hydrogen (secondary N) is 2. The Kier molecular flexibility index (Phi) is 13.7. The molecular formula is C39H51N3O4. The van der Waals surface area contributed by atoms with Gasteiger partial charge in [-0.05, 0) is 74.1 Å². The van der Waals surface area contributed by atoms with Gasteiger partial charge in [0.25, 0.3) is 5.91 Å². The van der Waals surface area contributed by atoms with Gasteiger partial charge in [-0.25, -0.2) is 4.79 Å². The van der Waals surface area contributed by atoms with Crippen molar-refractivity contribution in [2.75, 3.05) is 11.9 Å². The van der Waals surface area contributed by atoms with Crippen molar-refractivity contribution in [3.05, 3.63) is 77.9 Å². The summed E-state index contributed by atoms with van der Waals surface area (Å²) in [6, 6.07) is 19.0. The minimum atomic E-state index is -1.03. The molecule has 2 unspecified atom stereocenters. The first-order valence-electron chi connectivity index (χ1n) is 16.6. The molecule has 46 heavy (non-hydrogen) atoms. The standard InChI is InChI=1S/C39H51N3O4/c1-8-10-11-12-13-18-25-42(37(44)34(26-28(3)4)41-38(45)46-39(5,6)7)35(33-22-17-16-19-29(33)9-2)36(43)40-32-24-23-30-20-14-15-21-31(30)27-32/h2,14-17,19-24,27-28,34-35H,8,10-13,18,25-26H2,1,3-7H3,(H,40,43)(H,41,45). The average molecular weight is 626 g/mol. The quantitative estimate of drug-likeness (QED) is 0.131. The first kappa shape index (κ1) is 36.2. The number of terminal acetylenes is 1. The zero-order valence-corrected chi connectivity index (χ0v) is 28.4. The highest BCUT2D eigenvalue weighted by molar-refractivity contribution is 6.00. The first-order chi connectivity index (χ1) is 21.9. The molecule has 7 heteroatoms. The van der Waals surface area contributed by atoms with Gasteiger partial charge in [-0.1, -0.05) is 107 Å². The number of anilines is 1. The summed E-state index contributed by atoms with van der Waals surface area (Å²) >= 11 is 0. The molecule has 7 nitrogen and oxygen atoms in total. The Bertz CT molecular complexity index is 1500. The highest BCUT2D eigenvalue weighted by atomic mass is 16.6. The SMILES string of the molecule is C#Cc1ccccc1C(C(=O)Nc1ccc2ccccc2c1)N(CCCCCCCC)C(=O)C(CC(C)C)NC(=O)OC(C)(C)C. The van der Waals surface area contributed by atoms with Crippen molar-refractivity contribution in [1.82, 2.24) is 10.2 Å². The van der Waals surface area contributed by atoms with Gasteiger partial charge in [0.2, 0.25) is 5.91 Å². The van der Waals surface area contributed by atoms with E-state index < -0.39 is 23.8 Å². The van der Waals surface area contributed by atoms with Crippen molar-refractivity contribution in [2.45, 2.75) is 104 Å². The summed E-state index contributed by atoms with van der Waals surface area (Å²) in [7, 11) is 0. The van der Waals surface area contributed by atoms with Gasteiger partial charge < -0.3 is 20.3 Å². The number of amides is 3. The number of hydrogen-bond donors (Lipinski definition) is 2. The summed E-state index contributed by atoms with van der Waals surface area (Å²) in [6.45, 7) is 11.8. The molecule has 0 bridgehead atoms. The molecule has 2 atom stereocenters. The van der Waals surface area contributed by atoms with Crippen LogP contribution in [0.1, 0.15) is 104 Å². The van der Waals surface area contributed by atoms with Crippen LogP contribution in [0.5, 0.6) is 0 Å². The maximum atomic E-state index is 14.6. The van der Waals surface area contributed by atoms with E-state index in [4.69, 9.17) is 11.2 Å². The molecule has 0 aliphatic carbocycles. The van der Waals surface area contributed by atoms with Gasteiger partial charge in [-0.15, -0.1) is 6.42 Å². The van der Waals surface area contributed by atoms with Crippen LogP contribution >= 0.6 is 0 Å². The second-order valence-corrected chi connectivity index (χ2v) is 13.3. The minimum absolute atomic E-state index is 0.0858. The molecule has 0 heterocycles. The van der Waals surface area contributed by atoms with Crippen molar-refractivity contribution in [2.24, 2.45) is 5.92 Å². The van der Waals surface area contributed by atoms with Crippen LogP contribution < -0.4 is 10.6 Å². The molecule has 0 radical (unpaired) electrons. The molecule has 0 saturated heterocycles. The van der Waals surface area contributed by atoms with E-state index in [1.165, 1.54) is 0 Å². The van der Waals surface area contributed by atoms with Crippen LogP contribution in [-0.4, -0.2) is 41.0 Å². The summed E-state index contributed by atoms with van der Waals surface area (Å²) in [5.41, 5.74) is 0.969. The van der Waals surface area contributed by atoms with Gasteiger partial charge in [-0.3, -0.25) is 9.59 Å². The molecule has 0 spiro atoms. The van der Waals surface area contributed by atoms with Crippen molar-refractivity contribution >= 4 is 34.4 Å². The molecule has 3 aromatic carbocycles. The Balaban J connectivity index is 2.06. The second kappa shape index (κ2) is 17.4. The molecule has 0 fully saturated rings. The monoisotopic (exact) mass is 625 g/mol. The number of carbonyl (C=O) groups is 3. The van der Waals surface area contributed by atoms with E-state index in [1.54, 1.807) is 37.8 Å². The van der Waals surface area contributed by atoms with Crippen LogP contribution in [0.15, 0.2) is 66.7 Å². The molecule has 2 N–H and O–H groups in total. The Morgan fingerprint density at radius 2 is 1.54 bits per heavy atom. The molecule has 3 rings (SSSR count). The fourth-order valence-electron chi connectivity index (χ4n) is 5.57. The molecule has 3 aromatic rings. The number of ether oxygens (including phenoxy) is 1. The van der Waals surface area contributed by atoms with Crippen molar-refractivity contribution in [3.8, 4) is 12.3 Å². The smallest absolute Gasteiger partial charge is 0.408 e. The third kappa shape index (κ3) is 10.9.